The zero-order valence-electron chi connectivity index (χ0n) is 15.6. The maximum Gasteiger partial charge on any atom is 0.269 e. The Morgan fingerprint density at radius 2 is 1.74 bits per heavy atom. The van der Waals surface area contributed by atoms with Crippen LogP contribution in [-0.4, -0.2) is 49.9 Å². The van der Waals surface area contributed by atoms with Crippen LogP contribution < -0.4 is 20.3 Å². The second-order valence-electron chi connectivity index (χ2n) is 6.91. The zero-order chi connectivity index (χ0) is 19.4. The summed E-state index contributed by atoms with van der Waals surface area (Å²) in [5.41, 5.74) is 5.23. The highest BCUT2D eigenvalue weighted by molar-refractivity contribution is 5.96. The molecular formula is C19H25N3O5. The highest BCUT2D eigenvalue weighted by Crippen LogP contribution is 2.32. The molecule has 8 nitrogen and oxygen atoms in total. The number of hydrazine groups is 1. The van der Waals surface area contributed by atoms with E-state index in [0.717, 1.165) is 19.3 Å². The Morgan fingerprint density at radius 3 is 2.41 bits per heavy atom. The predicted octanol–water partition coefficient (Wildman–Crippen LogP) is 1.11. The maximum absolute atomic E-state index is 12.4. The smallest absolute Gasteiger partial charge is 0.269 e. The van der Waals surface area contributed by atoms with Crippen LogP contribution in [0.4, 0.5) is 0 Å². The molecule has 2 fully saturated rings. The minimum absolute atomic E-state index is 0.150. The second-order valence-corrected chi connectivity index (χ2v) is 6.91. The summed E-state index contributed by atoms with van der Waals surface area (Å²) in [5.74, 6) is 0.201. The van der Waals surface area contributed by atoms with E-state index in [-0.39, 0.29) is 23.7 Å². The highest BCUT2D eigenvalue weighted by atomic mass is 16.5. The number of rotatable bonds is 5. The molecule has 1 saturated heterocycles. The van der Waals surface area contributed by atoms with E-state index in [1.807, 2.05) is 0 Å². The fourth-order valence-electron chi connectivity index (χ4n) is 3.25. The average molecular weight is 375 g/mol. The third-order valence-electron chi connectivity index (χ3n) is 4.98. The molecule has 3 amide bonds. The number of hydrogen-bond acceptors (Lipinski definition) is 5. The van der Waals surface area contributed by atoms with Gasteiger partial charge in [0.05, 0.1) is 20.1 Å². The van der Waals surface area contributed by atoms with Gasteiger partial charge in [0.2, 0.25) is 11.8 Å². The summed E-state index contributed by atoms with van der Waals surface area (Å²) in [7, 11) is 3.00. The Balaban J connectivity index is 1.53. The largest absolute Gasteiger partial charge is 0.493 e. The van der Waals surface area contributed by atoms with E-state index in [0.29, 0.717) is 36.6 Å². The summed E-state index contributed by atoms with van der Waals surface area (Å²) in [6.07, 6.45) is 3.40. The van der Waals surface area contributed by atoms with Gasteiger partial charge in [-0.15, -0.1) is 0 Å². The average Bonchev–Trinajstić information content (AvgIpc) is 3.56. The number of ether oxygens (including phenoxy) is 2. The molecule has 1 aliphatic heterocycles. The number of carbonyl (C=O) groups is 3. The van der Waals surface area contributed by atoms with E-state index in [1.165, 1.54) is 20.3 Å². The number of amides is 3. The van der Waals surface area contributed by atoms with Crippen molar-refractivity contribution in [1.29, 1.82) is 0 Å². The van der Waals surface area contributed by atoms with Gasteiger partial charge in [0.15, 0.2) is 11.5 Å². The van der Waals surface area contributed by atoms with Crippen LogP contribution in [0.15, 0.2) is 18.2 Å². The van der Waals surface area contributed by atoms with Crippen LogP contribution in [-0.2, 0) is 9.59 Å². The van der Waals surface area contributed by atoms with Crippen LogP contribution in [0, 0.1) is 11.8 Å². The molecule has 1 atom stereocenters. The molecule has 146 valence electrons. The van der Waals surface area contributed by atoms with Crippen LogP contribution >= 0.6 is 0 Å². The first-order valence-corrected chi connectivity index (χ1v) is 9.14. The Morgan fingerprint density at radius 1 is 1.00 bits per heavy atom. The van der Waals surface area contributed by atoms with Crippen LogP contribution in [0.2, 0.25) is 0 Å². The number of piperidine rings is 1. The lowest BCUT2D eigenvalue weighted by Crippen LogP contribution is -2.50. The number of likely N-dealkylation sites (tertiary alicyclic amines) is 1. The summed E-state index contributed by atoms with van der Waals surface area (Å²) in [5, 5.41) is 0. The van der Waals surface area contributed by atoms with Crippen LogP contribution in [0.5, 0.6) is 11.5 Å². The van der Waals surface area contributed by atoms with Crippen molar-refractivity contribution in [1.82, 2.24) is 15.8 Å². The number of carbonyl (C=O) groups excluding carboxylic acids is 3. The molecule has 1 aliphatic carbocycles. The Bertz CT molecular complexity index is 732. The minimum Gasteiger partial charge on any atom is -0.493 e. The summed E-state index contributed by atoms with van der Waals surface area (Å²) >= 11 is 0. The molecule has 0 bridgehead atoms. The molecule has 0 spiro atoms. The van der Waals surface area contributed by atoms with Gasteiger partial charge >= 0.3 is 0 Å². The van der Waals surface area contributed by atoms with E-state index in [9.17, 15) is 14.4 Å². The third kappa shape index (κ3) is 4.50. The lowest BCUT2D eigenvalue weighted by molar-refractivity contribution is -0.137. The standard InChI is InChI=1S/C19H25N3O5/c1-26-15-8-7-13(10-16(15)27-2)17(23)20-21-18(24)14-4-3-9-22(11-14)19(25)12-5-6-12/h7-8,10,12,14H,3-6,9,11H2,1-2H3,(H,20,23)(H,21,24). The van der Waals surface area contributed by atoms with Gasteiger partial charge in [-0.05, 0) is 43.9 Å². The molecule has 0 aromatic heterocycles. The fraction of sp³-hybridized carbons (Fsp3) is 0.526. The van der Waals surface area contributed by atoms with Crippen LogP contribution in [0.1, 0.15) is 36.0 Å². The number of hydrogen-bond donors (Lipinski definition) is 2. The van der Waals surface area contributed by atoms with Gasteiger partial charge in [-0.2, -0.15) is 0 Å². The van der Waals surface area contributed by atoms with Crippen molar-refractivity contribution in [3.05, 3.63) is 23.8 Å². The van der Waals surface area contributed by atoms with E-state index >= 15 is 0 Å². The Labute approximate surface area is 158 Å². The summed E-state index contributed by atoms with van der Waals surface area (Å²) in [4.78, 5) is 38.7. The molecule has 27 heavy (non-hydrogen) atoms. The van der Waals surface area contributed by atoms with E-state index in [4.69, 9.17) is 9.47 Å². The van der Waals surface area contributed by atoms with Gasteiger partial charge < -0.3 is 14.4 Å². The Hall–Kier alpha value is -2.77. The minimum atomic E-state index is -0.453. The van der Waals surface area contributed by atoms with Crippen molar-refractivity contribution >= 4 is 17.7 Å². The number of methoxy groups -OCH3 is 2. The van der Waals surface area contributed by atoms with Crippen LogP contribution in [0.3, 0.4) is 0 Å². The lowest BCUT2D eigenvalue weighted by Gasteiger charge is -2.32. The van der Waals surface area contributed by atoms with Gasteiger partial charge in [-0.1, -0.05) is 0 Å². The number of nitrogens with one attached hydrogen (secondary N) is 2. The van der Waals surface area contributed by atoms with Gasteiger partial charge in [0, 0.05) is 24.6 Å². The third-order valence-corrected chi connectivity index (χ3v) is 4.98. The van der Waals surface area contributed by atoms with Gasteiger partial charge in [-0.25, -0.2) is 0 Å². The normalized spacial score (nSPS) is 19.2. The fourth-order valence-corrected chi connectivity index (χ4v) is 3.25. The highest BCUT2D eigenvalue weighted by Gasteiger charge is 2.36. The monoisotopic (exact) mass is 375 g/mol. The van der Waals surface area contributed by atoms with E-state index in [2.05, 4.69) is 10.9 Å². The molecule has 1 aromatic carbocycles. The van der Waals surface area contributed by atoms with Crippen molar-refractivity contribution in [2.45, 2.75) is 25.7 Å². The first-order valence-electron chi connectivity index (χ1n) is 9.14. The molecule has 1 unspecified atom stereocenters. The number of benzene rings is 1. The SMILES string of the molecule is COc1ccc(C(=O)NNC(=O)C2CCCN(C(=O)C3CC3)C2)cc1OC. The van der Waals surface area contributed by atoms with Crippen LogP contribution in [0.25, 0.3) is 0 Å². The van der Waals surface area contributed by atoms with Gasteiger partial charge in [0.25, 0.3) is 5.91 Å². The molecule has 8 heteroatoms. The lowest BCUT2D eigenvalue weighted by atomic mass is 9.97. The van der Waals surface area contributed by atoms with Crippen molar-refractivity contribution in [2.24, 2.45) is 11.8 Å². The summed E-state index contributed by atoms with van der Waals surface area (Å²) < 4.78 is 10.3. The molecule has 1 aromatic rings. The first-order chi connectivity index (χ1) is 13.0. The molecule has 2 aliphatic rings. The molecule has 1 saturated carbocycles. The van der Waals surface area contributed by atoms with Crippen molar-refractivity contribution in [2.75, 3.05) is 27.3 Å². The van der Waals surface area contributed by atoms with E-state index in [1.54, 1.807) is 17.0 Å². The molecule has 3 rings (SSSR count). The maximum atomic E-state index is 12.4. The van der Waals surface area contributed by atoms with Crippen molar-refractivity contribution in [3.63, 3.8) is 0 Å². The van der Waals surface area contributed by atoms with E-state index < -0.39 is 5.91 Å². The molecule has 0 radical (unpaired) electrons. The molecule has 2 N–H and O–H groups in total. The quantitative estimate of drug-likeness (QED) is 0.752. The van der Waals surface area contributed by atoms with Gasteiger partial charge in [0.1, 0.15) is 0 Å². The van der Waals surface area contributed by atoms with Gasteiger partial charge in [-0.3, -0.25) is 25.2 Å². The molecule has 1 heterocycles. The Kier molecular flexibility index (Phi) is 5.83. The van der Waals surface area contributed by atoms with Crippen molar-refractivity contribution < 1.29 is 23.9 Å². The van der Waals surface area contributed by atoms with Crippen molar-refractivity contribution in [3.8, 4) is 11.5 Å². The topological polar surface area (TPSA) is 97.0 Å². The number of nitrogens with zero attached hydrogens (tertiary/aromatic N) is 1. The second kappa shape index (κ2) is 8.28. The zero-order valence-corrected chi connectivity index (χ0v) is 15.6. The predicted molar refractivity (Wildman–Crippen MR) is 97.2 cm³/mol. The first kappa shape index (κ1) is 19.0. The summed E-state index contributed by atoms with van der Waals surface area (Å²) in [6, 6.07) is 4.74. The molecular weight excluding hydrogens is 350 g/mol. The summed E-state index contributed by atoms with van der Waals surface area (Å²) in [6.45, 7) is 1.12.